The van der Waals surface area contributed by atoms with E-state index in [0.717, 1.165) is 6.42 Å². The molecule has 0 spiro atoms. The second-order valence-corrected chi connectivity index (χ2v) is 13.5. The zero-order chi connectivity index (χ0) is 19.5. The molecule has 2 aliphatic rings. The Bertz CT molecular complexity index is 614. The van der Waals surface area contributed by atoms with Gasteiger partial charge in [-0.25, -0.2) is 4.79 Å². The summed E-state index contributed by atoms with van der Waals surface area (Å²) in [6, 6.07) is 0. The van der Waals surface area contributed by atoms with Gasteiger partial charge in [0.15, 0.2) is 0 Å². The van der Waals surface area contributed by atoms with Crippen LogP contribution in [0.2, 0.25) is 16.1 Å². The fraction of sp³-hybridized carbons (Fsp3) is 0.650. The minimum Gasteiger partial charge on any atom is -0.330 e. The summed E-state index contributed by atoms with van der Waals surface area (Å²) in [5.41, 5.74) is 2.66. The van der Waals surface area contributed by atoms with Crippen molar-refractivity contribution in [2.24, 2.45) is 0 Å². The Morgan fingerprint density at radius 1 is 1.19 bits per heavy atom. The average molecular weight is 378 g/mol. The van der Waals surface area contributed by atoms with E-state index in [4.69, 9.17) is 4.84 Å². The molecular formula is C20H31NO4Si. The van der Waals surface area contributed by atoms with Gasteiger partial charge in [0.1, 0.15) is 0 Å². The zero-order valence-corrected chi connectivity index (χ0v) is 17.7. The van der Waals surface area contributed by atoms with Crippen molar-refractivity contribution in [3.8, 4) is 0 Å². The standard InChI is InChI=1S/C20H31NO4Si/c1-14(2)26(15(3)4)20(5)12-6-7-16(13-20)8-11-19(24)25-21-17(22)9-10-18(21)23/h6-7,12,14-15,26H,8-11,13H2,1-5H3. The van der Waals surface area contributed by atoms with E-state index in [1.54, 1.807) is 0 Å². The lowest BCUT2D eigenvalue weighted by Gasteiger charge is -2.41. The molecule has 0 radical (unpaired) electrons. The lowest BCUT2D eigenvalue weighted by molar-refractivity contribution is -0.197. The highest BCUT2D eigenvalue weighted by atomic mass is 28.3. The van der Waals surface area contributed by atoms with Crippen LogP contribution in [0.1, 0.15) is 66.7 Å². The van der Waals surface area contributed by atoms with Crippen LogP contribution in [0.5, 0.6) is 0 Å². The SMILES string of the molecule is CC(C)[SiH](C(C)C)C1(C)C=CC=C(CCC(=O)ON2C(=O)CCC2=O)C1. The smallest absolute Gasteiger partial charge is 0.330 e. The van der Waals surface area contributed by atoms with Gasteiger partial charge in [-0.05, 0) is 17.9 Å². The summed E-state index contributed by atoms with van der Waals surface area (Å²) in [6.45, 7) is 11.7. The maximum atomic E-state index is 12.0. The maximum absolute atomic E-state index is 12.0. The summed E-state index contributed by atoms with van der Waals surface area (Å²) in [7, 11) is -1.05. The van der Waals surface area contributed by atoms with Crippen LogP contribution in [0, 0.1) is 0 Å². The lowest BCUT2D eigenvalue weighted by Crippen LogP contribution is -2.35. The molecule has 2 rings (SSSR count). The van der Waals surface area contributed by atoms with Crippen LogP contribution in [-0.2, 0) is 19.2 Å². The summed E-state index contributed by atoms with van der Waals surface area (Å²) < 4.78 is 0. The van der Waals surface area contributed by atoms with Crippen molar-refractivity contribution in [1.29, 1.82) is 0 Å². The van der Waals surface area contributed by atoms with E-state index in [0.29, 0.717) is 22.6 Å². The molecule has 1 aliphatic heterocycles. The van der Waals surface area contributed by atoms with Crippen LogP contribution in [0.15, 0.2) is 23.8 Å². The van der Waals surface area contributed by atoms with Crippen molar-refractivity contribution in [1.82, 2.24) is 5.06 Å². The normalized spacial score (nSPS) is 23.4. The molecule has 6 heteroatoms. The van der Waals surface area contributed by atoms with Gasteiger partial charge in [0, 0.05) is 12.8 Å². The Hall–Kier alpha value is -1.69. The molecular weight excluding hydrogens is 346 g/mol. The molecule has 0 saturated carbocycles. The Morgan fingerprint density at radius 2 is 1.77 bits per heavy atom. The van der Waals surface area contributed by atoms with Crippen LogP contribution in [0.3, 0.4) is 0 Å². The third-order valence-electron chi connectivity index (χ3n) is 5.46. The van der Waals surface area contributed by atoms with E-state index < -0.39 is 26.6 Å². The maximum Gasteiger partial charge on any atom is 0.333 e. The summed E-state index contributed by atoms with van der Waals surface area (Å²) >= 11 is 0. The monoisotopic (exact) mass is 377 g/mol. The predicted octanol–water partition coefficient (Wildman–Crippen LogP) is 4.07. The topological polar surface area (TPSA) is 63.7 Å². The first-order valence-electron chi connectivity index (χ1n) is 9.58. The molecule has 1 heterocycles. The third kappa shape index (κ3) is 4.72. The largest absolute Gasteiger partial charge is 0.333 e. The Balaban J connectivity index is 1.93. The first kappa shape index (κ1) is 20.6. The quantitative estimate of drug-likeness (QED) is 0.496. The number of hydroxylamine groups is 2. The van der Waals surface area contributed by atoms with Gasteiger partial charge in [0.05, 0.1) is 15.2 Å². The molecule has 2 amide bonds. The molecule has 1 aliphatic carbocycles. The van der Waals surface area contributed by atoms with Gasteiger partial charge in [-0.3, -0.25) is 9.59 Å². The highest BCUT2D eigenvalue weighted by Gasteiger charge is 2.39. The highest BCUT2D eigenvalue weighted by Crippen LogP contribution is 2.49. The molecule has 5 nitrogen and oxygen atoms in total. The zero-order valence-electron chi connectivity index (χ0n) is 16.6. The number of hydrogen-bond acceptors (Lipinski definition) is 4. The van der Waals surface area contributed by atoms with E-state index in [-0.39, 0.29) is 24.3 Å². The number of carbonyl (C=O) groups is 3. The Labute approximate surface area is 158 Å². The number of hydrogen-bond donors (Lipinski definition) is 0. The molecule has 144 valence electrons. The molecule has 26 heavy (non-hydrogen) atoms. The number of rotatable bonds is 7. The van der Waals surface area contributed by atoms with Crippen molar-refractivity contribution in [3.05, 3.63) is 23.8 Å². The number of nitrogens with zero attached hydrogens (tertiary/aromatic N) is 1. The van der Waals surface area contributed by atoms with E-state index in [2.05, 4.69) is 52.8 Å². The van der Waals surface area contributed by atoms with E-state index in [1.165, 1.54) is 5.57 Å². The molecule has 1 atom stereocenters. The lowest BCUT2D eigenvalue weighted by atomic mass is 9.92. The minimum atomic E-state index is -1.05. The average Bonchev–Trinajstić information content (AvgIpc) is 2.84. The van der Waals surface area contributed by atoms with Gasteiger partial charge >= 0.3 is 5.97 Å². The molecule has 1 saturated heterocycles. The summed E-state index contributed by atoms with van der Waals surface area (Å²) in [4.78, 5) is 40.1. The number of imide groups is 1. The summed E-state index contributed by atoms with van der Waals surface area (Å²) in [5, 5.41) is 0.833. The fourth-order valence-electron chi connectivity index (χ4n) is 4.77. The second-order valence-electron chi connectivity index (χ2n) is 8.43. The van der Waals surface area contributed by atoms with E-state index in [1.807, 2.05) is 0 Å². The highest BCUT2D eigenvalue weighted by molar-refractivity contribution is 6.65. The van der Waals surface area contributed by atoms with Gasteiger partial charge in [0.2, 0.25) is 0 Å². The molecule has 0 aromatic rings. The van der Waals surface area contributed by atoms with Gasteiger partial charge in [-0.2, -0.15) is 0 Å². The van der Waals surface area contributed by atoms with Gasteiger partial charge < -0.3 is 4.84 Å². The third-order valence-corrected chi connectivity index (χ3v) is 10.3. The molecule has 0 bridgehead atoms. The molecule has 1 fully saturated rings. The van der Waals surface area contributed by atoms with Crippen LogP contribution >= 0.6 is 0 Å². The van der Waals surface area contributed by atoms with Crippen LogP contribution in [0.25, 0.3) is 0 Å². The summed E-state index contributed by atoms with van der Waals surface area (Å²) in [6.07, 6.45) is 8.58. The number of amides is 2. The van der Waals surface area contributed by atoms with Gasteiger partial charge in [-0.15, -0.1) is 5.06 Å². The minimum absolute atomic E-state index is 0.122. The number of allylic oxidation sites excluding steroid dienone is 4. The van der Waals surface area contributed by atoms with E-state index >= 15 is 0 Å². The first-order chi connectivity index (χ1) is 12.1. The number of carbonyl (C=O) groups excluding carboxylic acids is 3. The fourth-order valence-corrected chi connectivity index (χ4v) is 10.2. The predicted molar refractivity (Wildman–Crippen MR) is 104 cm³/mol. The van der Waals surface area contributed by atoms with Crippen LogP contribution in [-0.4, -0.2) is 31.6 Å². The van der Waals surface area contributed by atoms with Crippen molar-refractivity contribution in [2.45, 2.75) is 82.8 Å². The second kappa shape index (κ2) is 8.33. The van der Waals surface area contributed by atoms with Crippen molar-refractivity contribution in [2.75, 3.05) is 0 Å². The van der Waals surface area contributed by atoms with Crippen molar-refractivity contribution >= 4 is 26.6 Å². The van der Waals surface area contributed by atoms with Crippen LogP contribution in [0.4, 0.5) is 0 Å². The molecule has 0 aromatic heterocycles. The van der Waals surface area contributed by atoms with Crippen molar-refractivity contribution in [3.63, 3.8) is 0 Å². The Kier molecular flexibility index (Phi) is 6.61. The van der Waals surface area contributed by atoms with Gasteiger partial charge in [0.25, 0.3) is 11.8 Å². The summed E-state index contributed by atoms with van der Waals surface area (Å²) in [5.74, 6) is -1.39. The molecule has 0 N–H and O–H groups in total. The van der Waals surface area contributed by atoms with Crippen molar-refractivity contribution < 1.29 is 19.2 Å². The van der Waals surface area contributed by atoms with Crippen LogP contribution < -0.4 is 0 Å². The first-order valence-corrected chi connectivity index (χ1v) is 11.5. The van der Waals surface area contributed by atoms with E-state index in [9.17, 15) is 14.4 Å². The molecule has 0 aromatic carbocycles. The van der Waals surface area contributed by atoms with Gasteiger partial charge in [-0.1, -0.05) is 69.5 Å². The molecule has 1 unspecified atom stereocenters. The Morgan fingerprint density at radius 3 is 2.31 bits per heavy atom.